The first-order valence-corrected chi connectivity index (χ1v) is 9.54. The number of rotatable bonds is 7. The number of nitrogens with one attached hydrogen (secondary N) is 2. The van der Waals surface area contributed by atoms with Crippen LogP contribution in [0.4, 0.5) is 10.2 Å². The second kappa shape index (κ2) is 11.9. The van der Waals surface area contributed by atoms with Crippen LogP contribution in [0, 0.1) is 5.82 Å². The van der Waals surface area contributed by atoms with Crippen molar-refractivity contribution in [1.82, 2.24) is 15.1 Å². The van der Waals surface area contributed by atoms with Crippen LogP contribution in [0.1, 0.15) is 38.5 Å². The number of carbonyl (C=O) groups excluding carboxylic acids is 1. The van der Waals surface area contributed by atoms with Crippen molar-refractivity contribution in [3.63, 3.8) is 0 Å². The highest BCUT2D eigenvalue weighted by Gasteiger charge is 2.10. The van der Waals surface area contributed by atoms with Gasteiger partial charge in [0.05, 0.1) is 5.69 Å². The standard InChI is InChI=1S/C19H25FN4O.CH2O2/c20-16-9-7-15(8-10-16)17-14-18(23-22-17)21-19(25)6-2-5-13-24-11-3-1-4-12-24;2-1-3/h7-10,14H,1-6,11-13H2,(H2,21,22,23,25);1H,(H,2,3). The van der Waals surface area contributed by atoms with Gasteiger partial charge >= 0.3 is 0 Å². The first-order chi connectivity index (χ1) is 13.6. The topological polar surface area (TPSA) is 98.3 Å². The van der Waals surface area contributed by atoms with Crippen molar-refractivity contribution in [2.75, 3.05) is 25.0 Å². The van der Waals surface area contributed by atoms with Gasteiger partial charge in [-0.25, -0.2) is 4.39 Å². The van der Waals surface area contributed by atoms with Crippen LogP contribution in [0.2, 0.25) is 0 Å². The molecule has 8 heteroatoms. The van der Waals surface area contributed by atoms with Gasteiger partial charge < -0.3 is 15.3 Å². The van der Waals surface area contributed by atoms with Crippen LogP contribution in [0.15, 0.2) is 30.3 Å². The van der Waals surface area contributed by atoms with E-state index in [-0.39, 0.29) is 18.2 Å². The molecular weight excluding hydrogens is 363 g/mol. The highest BCUT2D eigenvalue weighted by atomic mass is 19.1. The molecule has 1 amide bonds. The van der Waals surface area contributed by atoms with E-state index in [1.807, 2.05) is 0 Å². The fraction of sp³-hybridized carbons (Fsp3) is 0.450. The number of benzene rings is 1. The molecule has 1 saturated heterocycles. The number of anilines is 1. The maximum Gasteiger partial charge on any atom is 0.290 e. The summed E-state index contributed by atoms with van der Waals surface area (Å²) in [5.41, 5.74) is 1.58. The Morgan fingerprint density at radius 2 is 1.89 bits per heavy atom. The molecule has 3 N–H and O–H groups in total. The van der Waals surface area contributed by atoms with Gasteiger partial charge in [-0.2, -0.15) is 5.10 Å². The highest BCUT2D eigenvalue weighted by Crippen LogP contribution is 2.20. The van der Waals surface area contributed by atoms with Crippen molar-refractivity contribution in [2.45, 2.75) is 38.5 Å². The molecule has 0 aliphatic carbocycles. The third kappa shape index (κ3) is 7.48. The van der Waals surface area contributed by atoms with Crippen molar-refractivity contribution < 1.29 is 19.1 Å². The minimum absolute atomic E-state index is 0.0178. The Balaban J connectivity index is 0.000000878. The van der Waals surface area contributed by atoms with E-state index in [4.69, 9.17) is 9.90 Å². The summed E-state index contributed by atoms with van der Waals surface area (Å²) in [6.45, 7) is 3.24. The highest BCUT2D eigenvalue weighted by molar-refractivity contribution is 5.90. The van der Waals surface area contributed by atoms with Crippen LogP contribution in [0.5, 0.6) is 0 Å². The van der Waals surface area contributed by atoms with Gasteiger partial charge in [-0.05, 0) is 75.1 Å². The van der Waals surface area contributed by atoms with E-state index in [9.17, 15) is 9.18 Å². The van der Waals surface area contributed by atoms with Gasteiger partial charge in [0.2, 0.25) is 5.91 Å². The molecule has 7 nitrogen and oxygen atoms in total. The minimum atomic E-state index is -0.277. The van der Waals surface area contributed by atoms with Gasteiger partial charge in [-0.3, -0.25) is 14.7 Å². The van der Waals surface area contributed by atoms with E-state index in [0.29, 0.717) is 12.2 Å². The van der Waals surface area contributed by atoms with Gasteiger partial charge in [-0.15, -0.1) is 0 Å². The van der Waals surface area contributed by atoms with Crippen molar-refractivity contribution >= 4 is 18.2 Å². The van der Waals surface area contributed by atoms with Crippen LogP contribution >= 0.6 is 0 Å². The van der Waals surface area contributed by atoms with Gasteiger partial charge in [0.25, 0.3) is 6.47 Å². The molecule has 2 aromatic rings. The Morgan fingerprint density at radius 1 is 1.21 bits per heavy atom. The fourth-order valence-electron chi connectivity index (χ4n) is 3.17. The van der Waals surface area contributed by atoms with E-state index >= 15 is 0 Å². The predicted molar refractivity (Wildman–Crippen MR) is 105 cm³/mol. The Hall–Kier alpha value is -2.74. The number of likely N-dealkylation sites (tertiary alicyclic amines) is 1. The lowest BCUT2D eigenvalue weighted by atomic mass is 10.1. The largest absolute Gasteiger partial charge is 0.483 e. The normalized spacial score (nSPS) is 14.0. The number of aromatic amines is 1. The van der Waals surface area contributed by atoms with Crippen LogP contribution < -0.4 is 5.32 Å². The zero-order chi connectivity index (χ0) is 20.2. The number of carbonyl (C=O) groups is 2. The molecular formula is C20H27FN4O3. The monoisotopic (exact) mass is 390 g/mol. The predicted octanol–water partition coefficient (Wildman–Crippen LogP) is 3.51. The quantitative estimate of drug-likeness (QED) is 0.496. The molecule has 1 aromatic carbocycles. The number of H-pyrrole nitrogens is 1. The van der Waals surface area contributed by atoms with Crippen molar-refractivity contribution in [2.24, 2.45) is 0 Å². The van der Waals surface area contributed by atoms with E-state index in [2.05, 4.69) is 20.4 Å². The lowest BCUT2D eigenvalue weighted by Gasteiger charge is -2.26. The number of amides is 1. The maximum absolute atomic E-state index is 13.0. The average Bonchev–Trinajstić information content (AvgIpc) is 3.16. The first kappa shape index (κ1) is 21.6. The van der Waals surface area contributed by atoms with Crippen molar-refractivity contribution in [1.29, 1.82) is 0 Å². The van der Waals surface area contributed by atoms with Crippen LogP contribution in [-0.2, 0) is 9.59 Å². The molecule has 3 rings (SSSR count). The second-order valence-electron chi connectivity index (χ2n) is 6.69. The minimum Gasteiger partial charge on any atom is -0.483 e. The molecule has 1 fully saturated rings. The Morgan fingerprint density at radius 3 is 2.57 bits per heavy atom. The summed E-state index contributed by atoms with van der Waals surface area (Å²) in [6, 6.07) is 7.91. The Kier molecular flexibility index (Phi) is 9.14. The van der Waals surface area contributed by atoms with E-state index in [1.165, 1.54) is 44.5 Å². The van der Waals surface area contributed by atoms with Gasteiger partial charge in [0, 0.05) is 12.5 Å². The number of halogens is 1. The third-order valence-electron chi connectivity index (χ3n) is 4.58. The van der Waals surface area contributed by atoms with E-state index < -0.39 is 0 Å². The molecule has 0 saturated carbocycles. The van der Waals surface area contributed by atoms with E-state index in [0.717, 1.165) is 30.6 Å². The number of carboxylic acid groups (broad SMARTS) is 1. The van der Waals surface area contributed by atoms with Gasteiger partial charge in [-0.1, -0.05) is 6.42 Å². The van der Waals surface area contributed by atoms with Crippen LogP contribution in [0.3, 0.4) is 0 Å². The molecule has 0 spiro atoms. The van der Waals surface area contributed by atoms with E-state index in [1.54, 1.807) is 18.2 Å². The molecule has 1 aliphatic heterocycles. The summed E-state index contributed by atoms with van der Waals surface area (Å²) in [4.78, 5) is 22.9. The van der Waals surface area contributed by atoms with Gasteiger partial charge in [0.15, 0.2) is 5.82 Å². The molecule has 152 valence electrons. The zero-order valence-corrected chi connectivity index (χ0v) is 15.9. The Bertz CT molecular complexity index is 727. The second-order valence-corrected chi connectivity index (χ2v) is 6.69. The number of piperidine rings is 1. The lowest BCUT2D eigenvalue weighted by Crippen LogP contribution is -2.30. The summed E-state index contributed by atoms with van der Waals surface area (Å²) < 4.78 is 13.0. The molecule has 1 aromatic heterocycles. The molecule has 28 heavy (non-hydrogen) atoms. The number of unbranched alkanes of at least 4 members (excludes halogenated alkanes) is 1. The molecule has 0 unspecified atom stereocenters. The number of hydrogen-bond acceptors (Lipinski definition) is 4. The molecule has 0 radical (unpaired) electrons. The fourth-order valence-corrected chi connectivity index (χ4v) is 3.17. The molecule has 0 atom stereocenters. The summed E-state index contributed by atoms with van der Waals surface area (Å²) in [5, 5.41) is 16.7. The zero-order valence-electron chi connectivity index (χ0n) is 15.9. The molecule has 2 heterocycles. The average molecular weight is 390 g/mol. The van der Waals surface area contributed by atoms with Gasteiger partial charge in [0.1, 0.15) is 5.82 Å². The smallest absolute Gasteiger partial charge is 0.290 e. The summed E-state index contributed by atoms with van der Waals surface area (Å²) >= 11 is 0. The summed E-state index contributed by atoms with van der Waals surface area (Å²) in [7, 11) is 0. The van der Waals surface area contributed by atoms with Crippen LogP contribution in [-0.4, -0.2) is 52.2 Å². The molecule has 0 bridgehead atoms. The number of hydrogen-bond donors (Lipinski definition) is 3. The van der Waals surface area contributed by atoms with Crippen molar-refractivity contribution in [3.8, 4) is 11.3 Å². The third-order valence-corrected chi connectivity index (χ3v) is 4.58. The Labute approximate surface area is 163 Å². The van der Waals surface area contributed by atoms with Crippen LogP contribution in [0.25, 0.3) is 11.3 Å². The lowest BCUT2D eigenvalue weighted by molar-refractivity contribution is -0.123. The maximum atomic E-state index is 13.0. The first-order valence-electron chi connectivity index (χ1n) is 9.54. The molecule has 1 aliphatic rings. The SMILES string of the molecule is O=C(CCCCN1CCCCC1)Nc1cc(-c2ccc(F)cc2)[nH]n1.O=CO. The van der Waals surface area contributed by atoms with Crippen molar-refractivity contribution in [3.05, 3.63) is 36.1 Å². The number of nitrogens with zero attached hydrogens (tertiary/aromatic N) is 2. The summed E-state index contributed by atoms with van der Waals surface area (Å²) in [5.74, 6) is 0.206. The number of aromatic nitrogens is 2. The summed E-state index contributed by atoms with van der Waals surface area (Å²) in [6.07, 6.45) is 6.40.